The highest BCUT2D eigenvalue weighted by atomic mass is 16.6. The molecule has 0 amide bonds. The van der Waals surface area contributed by atoms with Crippen LogP contribution in [0.1, 0.15) is 73.1 Å². The lowest BCUT2D eigenvalue weighted by Gasteiger charge is -2.58. The van der Waals surface area contributed by atoms with Crippen molar-refractivity contribution in [1.82, 2.24) is 0 Å². The Kier molecular flexibility index (Phi) is 8.97. The van der Waals surface area contributed by atoms with Crippen LogP contribution in [0.3, 0.4) is 0 Å². The van der Waals surface area contributed by atoms with Crippen molar-refractivity contribution in [1.29, 1.82) is 0 Å². The number of rotatable bonds is 5. The maximum Gasteiger partial charge on any atom is 0.303 e. The quantitative estimate of drug-likeness (QED) is 0.252. The van der Waals surface area contributed by atoms with E-state index in [1.807, 2.05) is 36.4 Å². The van der Waals surface area contributed by atoms with Crippen molar-refractivity contribution in [2.24, 2.45) is 28.6 Å². The summed E-state index contributed by atoms with van der Waals surface area (Å²) >= 11 is 0. The molecule has 0 spiro atoms. The first-order valence-electron chi connectivity index (χ1n) is 17.2. The summed E-state index contributed by atoms with van der Waals surface area (Å²) in [5.74, 6) is 2.15. The molecule has 258 valence electrons. The summed E-state index contributed by atoms with van der Waals surface area (Å²) in [6, 6.07) is 14.6. The van der Waals surface area contributed by atoms with Crippen molar-refractivity contribution in [3.8, 4) is 22.8 Å². The molecule has 8 nitrogen and oxygen atoms in total. The van der Waals surface area contributed by atoms with E-state index < -0.39 is 5.60 Å². The Morgan fingerprint density at radius 2 is 1.59 bits per heavy atom. The van der Waals surface area contributed by atoms with Crippen molar-refractivity contribution >= 4 is 28.5 Å². The SMILES string of the molecule is CC(=O)OC1(C(C)=O)CCC2C3C=C(C)C4=CC(=O)CCC4(C)C3CCC21C.COc1c(-c2ccccc2)oc2c(OC)cccc2c1=O. The average Bonchev–Trinajstić information content (AvgIpc) is 3.38. The molecule has 1 heterocycles. The fourth-order valence-electron chi connectivity index (χ4n) is 9.78. The first kappa shape index (κ1) is 34.4. The Hall–Kier alpha value is -4.46. The fourth-order valence-corrected chi connectivity index (χ4v) is 9.78. The third-order valence-corrected chi connectivity index (χ3v) is 12.1. The molecule has 0 radical (unpaired) electrons. The van der Waals surface area contributed by atoms with Crippen LogP contribution in [0.15, 0.2) is 81.0 Å². The molecule has 4 aliphatic carbocycles. The number of allylic oxidation sites excluding steroid dienone is 4. The maximum atomic E-state index is 12.8. The van der Waals surface area contributed by atoms with Crippen LogP contribution >= 0.6 is 0 Å². The van der Waals surface area contributed by atoms with Gasteiger partial charge in [-0.15, -0.1) is 0 Å². The van der Waals surface area contributed by atoms with E-state index in [1.54, 1.807) is 32.2 Å². The first-order valence-corrected chi connectivity index (χ1v) is 17.2. The number of Topliss-reactive ketones (excluding diaryl/α,β-unsaturated/α-hetero) is 1. The molecular weight excluding hydrogens is 620 g/mol. The summed E-state index contributed by atoms with van der Waals surface area (Å²) in [4.78, 5) is 49.3. The number of para-hydroxylation sites is 1. The van der Waals surface area contributed by atoms with Crippen LogP contribution in [0, 0.1) is 28.6 Å². The minimum Gasteiger partial charge on any atom is -0.493 e. The van der Waals surface area contributed by atoms with E-state index in [2.05, 4.69) is 26.8 Å². The number of methoxy groups -OCH3 is 2. The number of hydrogen-bond donors (Lipinski definition) is 0. The van der Waals surface area contributed by atoms with Crippen molar-refractivity contribution in [3.05, 3.63) is 82.1 Å². The predicted molar refractivity (Wildman–Crippen MR) is 187 cm³/mol. The van der Waals surface area contributed by atoms with Gasteiger partial charge in [-0.2, -0.15) is 0 Å². The monoisotopic (exact) mass is 666 g/mol. The van der Waals surface area contributed by atoms with Gasteiger partial charge in [0.1, 0.15) is 0 Å². The lowest BCUT2D eigenvalue weighted by Crippen LogP contribution is -2.58. The summed E-state index contributed by atoms with van der Waals surface area (Å²) < 4.78 is 22.3. The third kappa shape index (κ3) is 5.44. The zero-order valence-corrected chi connectivity index (χ0v) is 29.5. The normalized spacial score (nSPS) is 30.0. The molecule has 4 aliphatic rings. The molecule has 0 bridgehead atoms. The Morgan fingerprint density at radius 1 is 0.878 bits per heavy atom. The van der Waals surface area contributed by atoms with Crippen molar-refractivity contribution in [2.75, 3.05) is 14.2 Å². The zero-order chi connectivity index (χ0) is 35.3. The van der Waals surface area contributed by atoms with Crippen LogP contribution in [-0.2, 0) is 19.1 Å². The Morgan fingerprint density at radius 3 is 2.24 bits per heavy atom. The number of esters is 1. The molecule has 6 atom stereocenters. The summed E-state index contributed by atoms with van der Waals surface area (Å²) in [6.45, 7) is 9.63. The Balaban J connectivity index is 0.000000177. The molecule has 8 heteroatoms. The predicted octanol–water partition coefficient (Wildman–Crippen LogP) is 8.05. The highest BCUT2D eigenvalue weighted by molar-refractivity contribution is 5.93. The smallest absolute Gasteiger partial charge is 0.303 e. The molecule has 2 fully saturated rings. The molecule has 49 heavy (non-hydrogen) atoms. The van der Waals surface area contributed by atoms with Crippen LogP contribution in [0.4, 0.5) is 0 Å². The molecule has 0 N–H and O–H groups in total. The van der Waals surface area contributed by atoms with E-state index in [0.717, 1.165) is 31.2 Å². The van der Waals surface area contributed by atoms with Crippen molar-refractivity contribution in [3.63, 3.8) is 0 Å². The Bertz CT molecular complexity index is 1940. The number of ketones is 2. The number of ether oxygens (including phenoxy) is 3. The zero-order valence-electron chi connectivity index (χ0n) is 29.5. The molecule has 3 aromatic rings. The van der Waals surface area contributed by atoms with Gasteiger partial charge < -0.3 is 18.6 Å². The number of fused-ring (bicyclic) bond motifs is 6. The summed E-state index contributed by atoms with van der Waals surface area (Å²) in [6.07, 6.45) is 9.20. The molecule has 1 aromatic heterocycles. The van der Waals surface area contributed by atoms with Crippen molar-refractivity contribution < 1.29 is 33.0 Å². The number of hydrogen-bond acceptors (Lipinski definition) is 8. The molecule has 2 aromatic carbocycles. The van der Waals surface area contributed by atoms with Crippen LogP contribution in [0.25, 0.3) is 22.3 Å². The molecule has 2 saturated carbocycles. The molecule has 0 saturated heterocycles. The van der Waals surface area contributed by atoms with E-state index in [4.69, 9.17) is 18.6 Å². The van der Waals surface area contributed by atoms with Crippen LogP contribution < -0.4 is 14.9 Å². The second kappa shape index (κ2) is 12.8. The number of carbonyl (C=O) groups excluding carboxylic acids is 3. The van der Waals surface area contributed by atoms with Gasteiger partial charge in [0.05, 0.1) is 19.6 Å². The largest absolute Gasteiger partial charge is 0.493 e. The van der Waals surface area contributed by atoms with E-state index in [-0.39, 0.29) is 39.5 Å². The lowest BCUT2D eigenvalue weighted by molar-refractivity contribution is -0.185. The molecule has 7 rings (SSSR count). The summed E-state index contributed by atoms with van der Waals surface area (Å²) in [5.41, 5.74) is 2.14. The summed E-state index contributed by atoms with van der Waals surface area (Å²) in [5, 5.41) is 0.436. The minimum absolute atomic E-state index is 0.0160. The van der Waals surface area contributed by atoms with E-state index in [9.17, 15) is 19.2 Å². The fraction of sp³-hybridized carbons (Fsp3) is 0.463. The first-order chi connectivity index (χ1) is 23.3. The molecule has 6 unspecified atom stereocenters. The van der Waals surface area contributed by atoms with Crippen LogP contribution in [-0.4, -0.2) is 37.4 Å². The summed E-state index contributed by atoms with van der Waals surface area (Å²) in [7, 11) is 3.01. The second-order valence-electron chi connectivity index (χ2n) is 14.6. The number of benzene rings is 2. The number of carbonyl (C=O) groups is 3. The average molecular weight is 667 g/mol. The minimum atomic E-state index is -0.990. The van der Waals surface area contributed by atoms with Gasteiger partial charge in [0, 0.05) is 24.3 Å². The topological polar surface area (TPSA) is 109 Å². The second-order valence-corrected chi connectivity index (χ2v) is 14.6. The lowest BCUT2D eigenvalue weighted by atomic mass is 9.47. The van der Waals surface area contributed by atoms with Gasteiger partial charge in [-0.3, -0.25) is 19.2 Å². The Labute approximate surface area is 287 Å². The van der Waals surface area contributed by atoms with Gasteiger partial charge in [0.25, 0.3) is 0 Å². The van der Waals surface area contributed by atoms with E-state index in [1.165, 1.54) is 25.2 Å². The highest BCUT2D eigenvalue weighted by Gasteiger charge is 2.67. The van der Waals surface area contributed by atoms with Crippen LogP contribution in [0.2, 0.25) is 0 Å². The van der Waals surface area contributed by atoms with Gasteiger partial charge in [0.2, 0.25) is 11.2 Å². The van der Waals surface area contributed by atoms with Gasteiger partial charge in [-0.05, 0) is 92.9 Å². The molecular formula is C41H46O8. The van der Waals surface area contributed by atoms with Crippen molar-refractivity contribution in [2.45, 2.75) is 78.7 Å². The highest BCUT2D eigenvalue weighted by Crippen LogP contribution is 2.67. The standard InChI is InChI=1S/C24H32O4.C17H14O4/c1-14-12-18-19(22(4)9-6-17(27)13-21(14)22)7-10-23(5)20(18)8-11-24(23,15(2)25)28-16(3)26;1-19-13-10-6-9-12-14(18)17(20-2)15(21-16(12)13)11-7-4-3-5-8-11/h12-13,18-20H,6-11H2,1-5H3;3-10H,1-2H3. The van der Waals surface area contributed by atoms with E-state index in [0.29, 0.717) is 53.1 Å². The van der Waals surface area contributed by atoms with Gasteiger partial charge in [0.15, 0.2) is 34.3 Å². The van der Waals surface area contributed by atoms with Gasteiger partial charge in [-0.1, -0.05) is 61.9 Å². The maximum absolute atomic E-state index is 12.8. The third-order valence-electron chi connectivity index (χ3n) is 12.1. The van der Waals surface area contributed by atoms with Gasteiger partial charge >= 0.3 is 5.97 Å². The van der Waals surface area contributed by atoms with E-state index >= 15 is 0 Å². The van der Waals surface area contributed by atoms with Crippen LogP contribution in [0.5, 0.6) is 11.5 Å². The molecule has 0 aliphatic heterocycles. The van der Waals surface area contributed by atoms with Gasteiger partial charge in [-0.25, -0.2) is 0 Å².